The fraction of sp³-hybridized carbons (Fsp3) is 0.188. The summed E-state index contributed by atoms with van der Waals surface area (Å²) >= 11 is 0. The molecular formula is C16H12F3NO2. The van der Waals surface area contributed by atoms with Gasteiger partial charge in [0.2, 0.25) is 0 Å². The lowest BCUT2D eigenvalue weighted by Crippen LogP contribution is -2.26. The van der Waals surface area contributed by atoms with Gasteiger partial charge < -0.3 is 9.64 Å². The van der Waals surface area contributed by atoms with Gasteiger partial charge in [-0.1, -0.05) is 24.3 Å². The van der Waals surface area contributed by atoms with Crippen molar-refractivity contribution in [3.8, 4) is 5.75 Å². The third kappa shape index (κ3) is 2.20. The van der Waals surface area contributed by atoms with Crippen LogP contribution in [0, 0.1) is 0 Å². The van der Waals surface area contributed by atoms with Gasteiger partial charge in [0, 0.05) is 0 Å². The Labute approximate surface area is 124 Å². The Morgan fingerprint density at radius 3 is 2.50 bits per heavy atom. The van der Waals surface area contributed by atoms with Crippen molar-refractivity contribution in [3.05, 3.63) is 59.2 Å². The van der Waals surface area contributed by atoms with Gasteiger partial charge in [-0.15, -0.1) is 0 Å². The molecule has 0 saturated carbocycles. The van der Waals surface area contributed by atoms with Crippen molar-refractivity contribution in [2.45, 2.75) is 12.7 Å². The van der Waals surface area contributed by atoms with Crippen LogP contribution in [-0.2, 0) is 12.7 Å². The summed E-state index contributed by atoms with van der Waals surface area (Å²) in [5.41, 5.74) is 0.0108. The summed E-state index contributed by atoms with van der Waals surface area (Å²) in [5.74, 6) is -0.112. The molecule has 1 heterocycles. The molecule has 0 unspecified atom stereocenters. The lowest BCUT2D eigenvalue weighted by molar-refractivity contribution is -0.137. The van der Waals surface area contributed by atoms with Crippen molar-refractivity contribution in [3.63, 3.8) is 0 Å². The van der Waals surface area contributed by atoms with E-state index in [1.165, 1.54) is 25.3 Å². The minimum atomic E-state index is -4.52. The number of carbonyl (C=O) groups excluding carboxylic acids is 1. The van der Waals surface area contributed by atoms with Gasteiger partial charge in [0.25, 0.3) is 5.91 Å². The molecule has 0 spiro atoms. The van der Waals surface area contributed by atoms with E-state index in [0.29, 0.717) is 16.9 Å². The second-order valence-corrected chi connectivity index (χ2v) is 4.90. The molecule has 0 bridgehead atoms. The monoisotopic (exact) mass is 307 g/mol. The number of alkyl halides is 3. The number of amides is 1. The topological polar surface area (TPSA) is 29.5 Å². The normalized spacial score (nSPS) is 14.2. The average Bonchev–Trinajstić information content (AvgIpc) is 2.83. The number of fused-ring (bicyclic) bond motifs is 1. The molecule has 3 rings (SSSR count). The molecule has 6 heteroatoms. The van der Waals surface area contributed by atoms with E-state index in [1.54, 1.807) is 18.2 Å². The lowest BCUT2D eigenvalue weighted by Gasteiger charge is -2.21. The van der Waals surface area contributed by atoms with Crippen LogP contribution in [0.25, 0.3) is 0 Å². The molecule has 3 nitrogen and oxygen atoms in total. The largest absolute Gasteiger partial charge is 0.496 e. The SMILES string of the molecule is COc1cccc2c1C(=O)N(c1ccccc1C(F)(F)F)C2. The number of rotatable bonds is 2. The van der Waals surface area contributed by atoms with Crippen LogP contribution in [0.2, 0.25) is 0 Å². The van der Waals surface area contributed by atoms with E-state index in [9.17, 15) is 18.0 Å². The van der Waals surface area contributed by atoms with Crippen LogP contribution < -0.4 is 9.64 Å². The fourth-order valence-corrected chi connectivity index (χ4v) is 2.64. The quantitative estimate of drug-likeness (QED) is 0.843. The third-order valence-corrected chi connectivity index (χ3v) is 3.62. The highest BCUT2D eigenvalue weighted by Crippen LogP contribution is 2.40. The van der Waals surface area contributed by atoms with Gasteiger partial charge in [0.05, 0.1) is 30.5 Å². The molecule has 1 aliphatic rings. The molecule has 1 aliphatic heterocycles. The van der Waals surface area contributed by atoms with E-state index in [0.717, 1.165) is 11.0 Å². The summed E-state index contributed by atoms with van der Waals surface area (Å²) in [7, 11) is 1.43. The van der Waals surface area contributed by atoms with Crippen molar-refractivity contribution in [1.29, 1.82) is 0 Å². The highest BCUT2D eigenvalue weighted by molar-refractivity contribution is 6.12. The predicted molar refractivity (Wildman–Crippen MR) is 75.0 cm³/mol. The number of nitrogens with zero attached hydrogens (tertiary/aromatic N) is 1. The minimum Gasteiger partial charge on any atom is -0.496 e. The first kappa shape index (κ1) is 14.4. The lowest BCUT2D eigenvalue weighted by atomic mass is 10.1. The molecule has 0 aliphatic carbocycles. The molecule has 0 aromatic heterocycles. The smallest absolute Gasteiger partial charge is 0.418 e. The molecule has 2 aromatic carbocycles. The summed E-state index contributed by atoms with van der Waals surface area (Å²) in [6.45, 7) is 0.0957. The van der Waals surface area contributed by atoms with Gasteiger partial charge in [-0.05, 0) is 23.8 Å². The van der Waals surface area contributed by atoms with Gasteiger partial charge in [-0.25, -0.2) is 0 Å². The van der Waals surface area contributed by atoms with Gasteiger partial charge in [0.1, 0.15) is 5.75 Å². The van der Waals surface area contributed by atoms with Crippen LogP contribution in [0.4, 0.5) is 18.9 Å². The van der Waals surface area contributed by atoms with Gasteiger partial charge in [0.15, 0.2) is 0 Å². The van der Waals surface area contributed by atoms with Crippen LogP contribution >= 0.6 is 0 Å². The minimum absolute atomic E-state index is 0.0957. The second-order valence-electron chi connectivity index (χ2n) is 4.90. The average molecular weight is 307 g/mol. The van der Waals surface area contributed by atoms with Crippen LogP contribution in [0.15, 0.2) is 42.5 Å². The summed E-state index contributed by atoms with van der Waals surface area (Å²) in [6, 6.07) is 10.1. The second kappa shape index (κ2) is 5.05. The Bertz CT molecular complexity index is 740. The van der Waals surface area contributed by atoms with E-state index in [-0.39, 0.29) is 12.2 Å². The Morgan fingerprint density at radius 1 is 1.09 bits per heavy atom. The summed E-state index contributed by atoms with van der Waals surface area (Å²) in [5, 5.41) is 0. The predicted octanol–water partition coefficient (Wildman–Crippen LogP) is 3.87. The van der Waals surface area contributed by atoms with Crippen LogP contribution in [0.5, 0.6) is 5.75 Å². The molecule has 2 aromatic rings. The Kier molecular flexibility index (Phi) is 3.31. The first-order chi connectivity index (χ1) is 10.4. The molecule has 0 atom stereocenters. The Morgan fingerprint density at radius 2 is 1.82 bits per heavy atom. The number of carbonyl (C=O) groups is 1. The van der Waals surface area contributed by atoms with Crippen LogP contribution in [-0.4, -0.2) is 13.0 Å². The van der Waals surface area contributed by atoms with Gasteiger partial charge in [-0.3, -0.25) is 4.79 Å². The number of hydrogen-bond acceptors (Lipinski definition) is 2. The molecule has 0 N–H and O–H groups in total. The van der Waals surface area contributed by atoms with Crippen molar-refractivity contribution in [1.82, 2.24) is 0 Å². The number of benzene rings is 2. The number of anilines is 1. The standard InChI is InChI=1S/C16H12F3NO2/c1-22-13-8-4-5-10-9-20(15(21)14(10)13)12-7-3-2-6-11(12)16(17,18)19/h2-8H,9H2,1H3. The number of para-hydroxylation sites is 1. The number of halogens is 3. The van der Waals surface area contributed by atoms with E-state index in [4.69, 9.17) is 4.74 Å². The van der Waals surface area contributed by atoms with Crippen LogP contribution in [0.3, 0.4) is 0 Å². The zero-order chi connectivity index (χ0) is 15.9. The zero-order valence-electron chi connectivity index (χ0n) is 11.6. The molecule has 1 amide bonds. The number of ether oxygens (including phenoxy) is 1. The van der Waals surface area contributed by atoms with Crippen LogP contribution in [0.1, 0.15) is 21.5 Å². The molecule has 0 saturated heterocycles. The maximum absolute atomic E-state index is 13.1. The number of hydrogen-bond donors (Lipinski definition) is 0. The van der Waals surface area contributed by atoms with Crippen molar-refractivity contribution < 1.29 is 22.7 Å². The van der Waals surface area contributed by atoms with E-state index >= 15 is 0 Å². The maximum Gasteiger partial charge on any atom is 0.418 e. The fourth-order valence-electron chi connectivity index (χ4n) is 2.64. The highest BCUT2D eigenvalue weighted by Gasteiger charge is 2.39. The van der Waals surface area contributed by atoms with E-state index < -0.39 is 17.6 Å². The molecule has 22 heavy (non-hydrogen) atoms. The Hall–Kier alpha value is -2.50. The summed E-state index contributed by atoms with van der Waals surface area (Å²) in [6.07, 6.45) is -4.52. The summed E-state index contributed by atoms with van der Waals surface area (Å²) in [4.78, 5) is 13.7. The van der Waals surface area contributed by atoms with E-state index in [1.807, 2.05) is 0 Å². The zero-order valence-corrected chi connectivity index (χ0v) is 11.6. The number of methoxy groups -OCH3 is 1. The molecule has 0 fully saturated rings. The maximum atomic E-state index is 13.1. The molecule has 114 valence electrons. The van der Waals surface area contributed by atoms with Gasteiger partial charge >= 0.3 is 6.18 Å². The summed E-state index contributed by atoms with van der Waals surface area (Å²) < 4.78 is 44.6. The van der Waals surface area contributed by atoms with Crippen molar-refractivity contribution >= 4 is 11.6 Å². The molecule has 0 radical (unpaired) electrons. The Balaban J connectivity index is 2.09. The molecular weight excluding hydrogens is 295 g/mol. The van der Waals surface area contributed by atoms with Gasteiger partial charge in [-0.2, -0.15) is 13.2 Å². The van der Waals surface area contributed by atoms with Crippen molar-refractivity contribution in [2.75, 3.05) is 12.0 Å². The third-order valence-electron chi connectivity index (χ3n) is 3.62. The first-order valence-electron chi connectivity index (χ1n) is 6.57. The van der Waals surface area contributed by atoms with E-state index in [2.05, 4.69) is 0 Å². The first-order valence-corrected chi connectivity index (χ1v) is 6.57. The van der Waals surface area contributed by atoms with Crippen molar-refractivity contribution in [2.24, 2.45) is 0 Å². The highest BCUT2D eigenvalue weighted by atomic mass is 19.4.